The Balaban J connectivity index is 2.74. The second-order valence-corrected chi connectivity index (χ2v) is 4.17. The molecule has 0 aliphatic rings. The third-order valence-electron chi connectivity index (χ3n) is 1.43. The summed E-state index contributed by atoms with van der Waals surface area (Å²) in [5, 5.41) is 0.221. The van der Waals surface area contributed by atoms with Gasteiger partial charge in [0.2, 0.25) is 0 Å². The molecule has 0 aliphatic carbocycles. The molecule has 56 valence electrons. The first-order valence-corrected chi connectivity index (χ1v) is 4.69. The van der Waals surface area contributed by atoms with Crippen LogP contribution < -0.4 is 0 Å². The van der Waals surface area contributed by atoms with E-state index in [2.05, 4.69) is 26.0 Å². The molecule has 1 rings (SSSR count). The van der Waals surface area contributed by atoms with Gasteiger partial charge in [0, 0.05) is 9.75 Å². The molecule has 0 spiro atoms. The molecule has 1 heterocycles. The smallest absolute Gasteiger partial charge is 0.0676 e. The number of aryl methyl sites for hydroxylation is 1. The molecule has 1 unspecified atom stereocenters. The van der Waals surface area contributed by atoms with Gasteiger partial charge in [0.25, 0.3) is 0 Å². The van der Waals surface area contributed by atoms with Gasteiger partial charge in [-0.05, 0) is 25.5 Å². The minimum Gasteiger partial charge on any atom is -0.144 e. The molecule has 1 aromatic heterocycles. The van der Waals surface area contributed by atoms with Crippen molar-refractivity contribution in [1.82, 2.24) is 0 Å². The van der Waals surface area contributed by atoms with Gasteiger partial charge in [-0.1, -0.05) is 6.92 Å². The summed E-state index contributed by atoms with van der Waals surface area (Å²) in [7, 11) is 0. The molecule has 0 N–H and O–H groups in total. The second kappa shape index (κ2) is 3.40. The Morgan fingerprint density at radius 2 is 2.30 bits per heavy atom. The zero-order chi connectivity index (χ0) is 7.56. The summed E-state index contributed by atoms with van der Waals surface area (Å²) in [4.78, 5) is 2.63. The fourth-order valence-corrected chi connectivity index (χ4v) is 1.97. The van der Waals surface area contributed by atoms with Crippen LogP contribution in [0, 0.1) is 6.92 Å². The SMILES string of the molecule is CCC(Cl)c1ccc(C)s1. The summed E-state index contributed by atoms with van der Waals surface area (Å²) in [5.74, 6) is 0. The third kappa shape index (κ3) is 1.74. The van der Waals surface area contributed by atoms with Gasteiger partial charge in [-0.15, -0.1) is 22.9 Å². The molecule has 0 aromatic carbocycles. The van der Waals surface area contributed by atoms with Gasteiger partial charge in [0.1, 0.15) is 0 Å². The minimum absolute atomic E-state index is 0.221. The van der Waals surface area contributed by atoms with Gasteiger partial charge < -0.3 is 0 Å². The van der Waals surface area contributed by atoms with Crippen LogP contribution in [0.15, 0.2) is 12.1 Å². The van der Waals surface area contributed by atoms with E-state index in [0.717, 1.165) is 6.42 Å². The maximum atomic E-state index is 6.01. The number of hydrogen-bond acceptors (Lipinski definition) is 1. The fraction of sp³-hybridized carbons (Fsp3) is 0.500. The molecular formula is C8H11ClS. The molecule has 0 aliphatic heterocycles. The van der Waals surface area contributed by atoms with Crippen molar-refractivity contribution in [2.75, 3.05) is 0 Å². The Hall–Kier alpha value is -0.0100. The first kappa shape index (κ1) is 8.09. The van der Waals surface area contributed by atoms with E-state index in [9.17, 15) is 0 Å². The van der Waals surface area contributed by atoms with Crippen LogP contribution in [0.5, 0.6) is 0 Å². The Morgan fingerprint density at radius 1 is 1.60 bits per heavy atom. The topological polar surface area (TPSA) is 0 Å². The second-order valence-electron chi connectivity index (χ2n) is 2.32. The molecule has 0 radical (unpaired) electrons. The van der Waals surface area contributed by atoms with Crippen LogP contribution in [-0.4, -0.2) is 0 Å². The van der Waals surface area contributed by atoms with Crippen molar-refractivity contribution in [3.63, 3.8) is 0 Å². The van der Waals surface area contributed by atoms with Crippen molar-refractivity contribution in [3.8, 4) is 0 Å². The Bertz CT molecular complexity index is 205. The van der Waals surface area contributed by atoms with Gasteiger partial charge in [0.05, 0.1) is 5.38 Å². The van der Waals surface area contributed by atoms with Crippen LogP contribution in [-0.2, 0) is 0 Å². The average molecular weight is 175 g/mol. The van der Waals surface area contributed by atoms with Gasteiger partial charge in [-0.2, -0.15) is 0 Å². The zero-order valence-corrected chi connectivity index (χ0v) is 7.80. The van der Waals surface area contributed by atoms with E-state index in [1.54, 1.807) is 11.3 Å². The van der Waals surface area contributed by atoms with Gasteiger partial charge in [-0.25, -0.2) is 0 Å². The monoisotopic (exact) mass is 174 g/mol. The summed E-state index contributed by atoms with van der Waals surface area (Å²) in [5.41, 5.74) is 0. The Morgan fingerprint density at radius 3 is 2.70 bits per heavy atom. The number of alkyl halides is 1. The lowest BCUT2D eigenvalue weighted by atomic mass is 10.3. The normalized spacial score (nSPS) is 13.5. The van der Waals surface area contributed by atoms with E-state index in [-0.39, 0.29) is 5.38 Å². The molecule has 0 saturated heterocycles. The highest BCUT2D eigenvalue weighted by molar-refractivity contribution is 7.12. The third-order valence-corrected chi connectivity index (χ3v) is 3.22. The Labute approximate surface area is 70.8 Å². The number of hydrogen-bond donors (Lipinski definition) is 0. The quantitative estimate of drug-likeness (QED) is 0.600. The summed E-state index contributed by atoms with van der Waals surface area (Å²) in [6, 6.07) is 4.23. The van der Waals surface area contributed by atoms with Crippen molar-refractivity contribution in [2.24, 2.45) is 0 Å². The minimum atomic E-state index is 0.221. The molecule has 1 atom stereocenters. The fourth-order valence-electron chi connectivity index (χ4n) is 0.823. The van der Waals surface area contributed by atoms with Crippen LogP contribution >= 0.6 is 22.9 Å². The largest absolute Gasteiger partial charge is 0.144 e. The van der Waals surface area contributed by atoms with Crippen molar-refractivity contribution >= 4 is 22.9 Å². The van der Waals surface area contributed by atoms with Crippen LogP contribution in [0.4, 0.5) is 0 Å². The van der Waals surface area contributed by atoms with E-state index in [1.165, 1.54) is 9.75 Å². The molecule has 0 saturated carbocycles. The lowest BCUT2D eigenvalue weighted by molar-refractivity contribution is 0.901. The van der Waals surface area contributed by atoms with Crippen molar-refractivity contribution < 1.29 is 0 Å². The molecule has 10 heavy (non-hydrogen) atoms. The van der Waals surface area contributed by atoms with Crippen LogP contribution in [0.25, 0.3) is 0 Å². The number of halogens is 1. The maximum Gasteiger partial charge on any atom is 0.0676 e. The van der Waals surface area contributed by atoms with E-state index in [0.29, 0.717) is 0 Å². The molecule has 1 aromatic rings. The van der Waals surface area contributed by atoms with E-state index in [4.69, 9.17) is 11.6 Å². The molecular weight excluding hydrogens is 164 g/mol. The Kier molecular flexibility index (Phi) is 2.75. The molecule has 0 fully saturated rings. The standard InChI is InChI=1S/C8H11ClS/c1-3-7(9)8-5-4-6(2)10-8/h4-5,7H,3H2,1-2H3. The van der Waals surface area contributed by atoms with Crippen LogP contribution in [0.3, 0.4) is 0 Å². The molecule has 0 nitrogen and oxygen atoms in total. The first-order valence-electron chi connectivity index (χ1n) is 3.44. The zero-order valence-electron chi connectivity index (χ0n) is 6.23. The van der Waals surface area contributed by atoms with Crippen LogP contribution in [0.2, 0.25) is 0 Å². The van der Waals surface area contributed by atoms with E-state index < -0.39 is 0 Å². The molecule has 0 amide bonds. The average Bonchev–Trinajstić information content (AvgIpc) is 2.34. The molecule has 2 heteroatoms. The van der Waals surface area contributed by atoms with Crippen molar-refractivity contribution in [3.05, 3.63) is 21.9 Å². The highest BCUT2D eigenvalue weighted by Gasteiger charge is 2.05. The van der Waals surface area contributed by atoms with Crippen molar-refractivity contribution in [2.45, 2.75) is 25.6 Å². The number of rotatable bonds is 2. The summed E-state index contributed by atoms with van der Waals surface area (Å²) >= 11 is 7.80. The summed E-state index contributed by atoms with van der Waals surface area (Å²) in [6.07, 6.45) is 1.02. The predicted molar refractivity (Wildman–Crippen MR) is 47.9 cm³/mol. The lowest BCUT2D eigenvalue weighted by Crippen LogP contribution is -1.80. The highest BCUT2D eigenvalue weighted by atomic mass is 35.5. The van der Waals surface area contributed by atoms with Crippen molar-refractivity contribution in [1.29, 1.82) is 0 Å². The molecule has 0 bridgehead atoms. The van der Waals surface area contributed by atoms with Gasteiger partial charge in [0.15, 0.2) is 0 Å². The first-order chi connectivity index (χ1) is 4.74. The van der Waals surface area contributed by atoms with E-state index >= 15 is 0 Å². The summed E-state index contributed by atoms with van der Waals surface area (Å²) in [6.45, 7) is 4.21. The highest BCUT2D eigenvalue weighted by Crippen LogP contribution is 2.29. The predicted octanol–water partition coefficient (Wildman–Crippen LogP) is 3.75. The lowest BCUT2D eigenvalue weighted by Gasteiger charge is -1.99. The van der Waals surface area contributed by atoms with Crippen LogP contribution in [0.1, 0.15) is 28.5 Å². The summed E-state index contributed by atoms with van der Waals surface area (Å²) < 4.78 is 0. The van der Waals surface area contributed by atoms with Gasteiger partial charge >= 0.3 is 0 Å². The van der Waals surface area contributed by atoms with E-state index in [1.807, 2.05) is 0 Å². The van der Waals surface area contributed by atoms with Gasteiger partial charge in [-0.3, -0.25) is 0 Å². The maximum absolute atomic E-state index is 6.01. The number of thiophene rings is 1.